The molecule has 0 unspecified atom stereocenters. The maximum absolute atomic E-state index is 9.80. The lowest BCUT2D eigenvalue weighted by Crippen LogP contribution is -2.40. The van der Waals surface area contributed by atoms with Gasteiger partial charge in [0.2, 0.25) is 0 Å². The van der Waals surface area contributed by atoms with Crippen LogP contribution in [-0.2, 0) is 24.5 Å². The third kappa shape index (κ3) is 6.76. The van der Waals surface area contributed by atoms with Gasteiger partial charge in [0.05, 0.1) is 25.9 Å². The van der Waals surface area contributed by atoms with Crippen LogP contribution in [0.25, 0.3) is 0 Å². The number of aliphatic imine (C=N–C) groups is 1. The minimum Gasteiger partial charge on any atom is -0.391 e. The lowest BCUT2D eigenvalue weighted by atomic mass is 10.1. The van der Waals surface area contributed by atoms with E-state index in [1.165, 1.54) is 11.1 Å². The van der Waals surface area contributed by atoms with Crippen molar-refractivity contribution >= 4 is 29.9 Å². The summed E-state index contributed by atoms with van der Waals surface area (Å²) in [6, 6.07) is 18.5. The van der Waals surface area contributed by atoms with Crippen LogP contribution >= 0.6 is 24.0 Å². The van der Waals surface area contributed by atoms with Gasteiger partial charge in [0.15, 0.2) is 5.96 Å². The van der Waals surface area contributed by atoms with Gasteiger partial charge in [0.1, 0.15) is 0 Å². The summed E-state index contributed by atoms with van der Waals surface area (Å²) >= 11 is 0. The zero-order chi connectivity index (χ0) is 18.9. The largest absolute Gasteiger partial charge is 0.391 e. The number of aliphatic hydroxyl groups is 1. The molecule has 1 atom stereocenters. The number of β-amino-alcohol motifs (C(OH)–C–C–N with tert-alkyl or cyclic N) is 1. The Bertz CT molecular complexity index is 740. The molecule has 0 aromatic heterocycles. The number of likely N-dealkylation sites (tertiary alicyclic amines) is 1. The van der Waals surface area contributed by atoms with Crippen LogP contribution < -0.4 is 5.32 Å². The standard InChI is InChI=1S/C22H29N3O2.HI/c1-2-23-22(25-13-12-21(26)15-25)24-14-19-10-6-7-11-20(19)17-27-16-18-8-4-3-5-9-18;/h3-11,21,26H,2,12-17H2,1H3,(H,23,24);1H/t21-;/m1./s1. The number of benzene rings is 2. The number of rotatable bonds is 7. The Hall–Kier alpha value is -1.64. The Morgan fingerprint density at radius 3 is 2.50 bits per heavy atom. The summed E-state index contributed by atoms with van der Waals surface area (Å²) < 4.78 is 5.91. The van der Waals surface area contributed by atoms with Crippen LogP contribution in [0.4, 0.5) is 0 Å². The fourth-order valence-corrected chi connectivity index (χ4v) is 3.23. The highest BCUT2D eigenvalue weighted by molar-refractivity contribution is 14.0. The molecule has 1 fully saturated rings. The van der Waals surface area contributed by atoms with E-state index in [0.717, 1.165) is 31.0 Å². The van der Waals surface area contributed by atoms with E-state index in [1.54, 1.807) is 0 Å². The summed E-state index contributed by atoms with van der Waals surface area (Å²) in [7, 11) is 0. The molecule has 0 spiro atoms. The van der Waals surface area contributed by atoms with Crippen molar-refractivity contribution in [1.29, 1.82) is 0 Å². The van der Waals surface area contributed by atoms with Gasteiger partial charge < -0.3 is 20.1 Å². The molecule has 1 saturated heterocycles. The molecule has 0 radical (unpaired) electrons. The van der Waals surface area contributed by atoms with Gasteiger partial charge in [-0.3, -0.25) is 0 Å². The third-order valence-electron chi connectivity index (χ3n) is 4.68. The van der Waals surface area contributed by atoms with Gasteiger partial charge in [0.25, 0.3) is 0 Å². The SMILES string of the molecule is CCNC(=NCc1ccccc1COCc1ccccc1)N1CC[C@@H](O)C1.I. The van der Waals surface area contributed by atoms with Crippen LogP contribution in [0.3, 0.4) is 0 Å². The van der Waals surface area contributed by atoms with Gasteiger partial charge in [-0.25, -0.2) is 4.99 Å². The maximum Gasteiger partial charge on any atom is 0.194 e. The van der Waals surface area contributed by atoms with Gasteiger partial charge in [-0.2, -0.15) is 0 Å². The molecule has 1 aliphatic rings. The molecule has 1 heterocycles. The molecule has 152 valence electrons. The normalized spacial score (nSPS) is 16.7. The zero-order valence-electron chi connectivity index (χ0n) is 16.4. The van der Waals surface area contributed by atoms with Crippen molar-refractivity contribution in [2.45, 2.75) is 39.2 Å². The van der Waals surface area contributed by atoms with Crippen LogP contribution in [0.1, 0.15) is 30.0 Å². The Kier molecular flexibility index (Phi) is 9.73. The minimum atomic E-state index is -0.257. The average Bonchev–Trinajstić information content (AvgIpc) is 3.13. The topological polar surface area (TPSA) is 57.1 Å². The second-order valence-electron chi connectivity index (χ2n) is 6.81. The Morgan fingerprint density at radius 1 is 1.11 bits per heavy atom. The molecular formula is C22H30IN3O2. The second-order valence-corrected chi connectivity index (χ2v) is 6.81. The maximum atomic E-state index is 9.80. The lowest BCUT2D eigenvalue weighted by molar-refractivity contribution is 0.106. The lowest BCUT2D eigenvalue weighted by Gasteiger charge is -2.21. The van der Waals surface area contributed by atoms with E-state index in [2.05, 4.69) is 41.4 Å². The second kappa shape index (κ2) is 12.0. The summed E-state index contributed by atoms with van der Waals surface area (Å²) in [5.74, 6) is 0.869. The molecule has 0 bridgehead atoms. The highest BCUT2D eigenvalue weighted by Gasteiger charge is 2.22. The Labute approximate surface area is 184 Å². The Balaban J connectivity index is 0.00000280. The number of nitrogens with zero attached hydrogens (tertiary/aromatic N) is 2. The van der Waals surface area contributed by atoms with Gasteiger partial charge in [-0.15, -0.1) is 24.0 Å². The highest BCUT2D eigenvalue weighted by atomic mass is 127. The molecule has 6 heteroatoms. The van der Waals surface area contributed by atoms with Crippen molar-refractivity contribution < 1.29 is 9.84 Å². The summed E-state index contributed by atoms with van der Waals surface area (Å²) in [5, 5.41) is 13.1. The van der Waals surface area contributed by atoms with Crippen molar-refractivity contribution in [1.82, 2.24) is 10.2 Å². The molecule has 0 aliphatic carbocycles. The van der Waals surface area contributed by atoms with Crippen molar-refractivity contribution in [2.24, 2.45) is 4.99 Å². The number of hydrogen-bond acceptors (Lipinski definition) is 3. The molecule has 3 rings (SSSR count). The van der Waals surface area contributed by atoms with Crippen LogP contribution in [0, 0.1) is 0 Å². The Morgan fingerprint density at radius 2 is 1.82 bits per heavy atom. The third-order valence-corrected chi connectivity index (χ3v) is 4.68. The summed E-state index contributed by atoms with van der Waals surface area (Å²) in [6.07, 6.45) is 0.543. The zero-order valence-corrected chi connectivity index (χ0v) is 18.7. The van der Waals surface area contributed by atoms with E-state index in [0.29, 0.717) is 26.3 Å². The number of aliphatic hydroxyl groups excluding tert-OH is 1. The summed E-state index contributed by atoms with van der Waals surface area (Å²) in [4.78, 5) is 6.92. The predicted octanol–water partition coefficient (Wildman–Crippen LogP) is 3.55. The first-order valence-corrected chi connectivity index (χ1v) is 9.66. The van der Waals surface area contributed by atoms with E-state index in [1.807, 2.05) is 30.3 Å². The number of halogens is 1. The fraction of sp³-hybridized carbons (Fsp3) is 0.409. The average molecular weight is 495 g/mol. The van der Waals surface area contributed by atoms with Crippen molar-refractivity contribution in [2.75, 3.05) is 19.6 Å². The van der Waals surface area contributed by atoms with E-state index in [4.69, 9.17) is 9.73 Å². The quantitative estimate of drug-likeness (QED) is 0.351. The van der Waals surface area contributed by atoms with E-state index < -0.39 is 0 Å². The smallest absolute Gasteiger partial charge is 0.194 e. The molecule has 1 aliphatic heterocycles. The molecule has 0 amide bonds. The van der Waals surface area contributed by atoms with Gasteiger partial charge >= 0.3 is 0 Å². The first-order chi connectivity index (χ1) is 13.3. The summed E-state index contributed by atoms with van der Waals surface area (Å²) in [5.41, 5.74) is 3.50. The van der Waals surface area contributed by atoms with Gasteiger partial charge in [-0.05, 0) is 30.0 Å². The van der Waals surface area contributed by atoms with E-state index in [-0.39, 0.29) is 30.1 Å². The predicted molar refractivity (Wildman–Crippen MR) is 124 cm³/mol. The van der Waals surface area contributed by atoms with Gasteiger partial charge in [0, 0.05) is 19.6 Å². The molecule has 2 aromatic rings. The van der Waals surface area contributed by atoms with E-state index >= 15 is 0 Å². The van der Waals surface area contributed by atoms with Crippen molar-refractivity contribution in [3.8, 4) is 0 Å². The summed E-state index contributed by atoms with van der Waals surface area (Å²) in [6.45, 7) is 6.13. The fourth-order valence-electron chi connectivity index (χ4n) is 3.23. The first kappa shape index (κ1) is 22.6. The molecule has 2 aromatic carbocycles. The van der Waals surface area contributed by atoms with Gasteiger partial charge in [-0.1, -0.05) is 54.6 Å². The highest BCUT2D eigenvalue weighted by Crippen LogP contribution is 2.14. The van der Waals surface area contributed by atoms with Crippen LogP contribution in [0.2, 0.25) is 0 Å². The van der Waals surface area contributed by atoms with E-state index in [9.17, 15) is 5.11 Å². The molecule has 5 nitrogen and oxygen atoms in total. The van der Waals surface area contributed by atoms with Crippen LogP contribution in [0.5, 0.6) is 0 Å². The minimum absolute atomic E-state index is 0. The number of hydrogen-bond donors (Lipinski definition) is 2. The molecule has 2 N–H and O–H groups in total. The van der Waals surface area contributed by atoms with Crippen LogP contribution in [0.15, 0.2) is 59.6 Å². The van der Waals surface area contributed by atoms with Crippen molar-refractivity contribution in [3.63, 3.8) is 0 Å². The number of guanidine groups is 1. The first-order valence-electron chi connectivity index (χ1n) is 9.66. The number of ether oxygens (including phenoxy) is 1. The van der Waals surface area contributed by atoms with Crippen molar-refractivity contribution in [3.05, 3.63) is 71.3 Å². The molecular weight excluding hydrogens is 465 g/mol. The molecule has 28 heavy (non-hydrogen) atoms. The van der Waals surface area contributed by atoms with Crippen LogP contribution in [-0.4, -0.2) is 41.7 Å². The molecule has 0 saturated carbocycles. The monoisotopic (exact) mass is 495 g/mol. The number of nitrogens with one attached hydrogen (secondary N) is 1.